The summed E-state index contributed by atoms with van der Waals surface area (Å²) in [7, 11) is -1.94. The van der Waals surface area contributed by atoms with Gasteiger partial charge < -0.3 is 9.84 Å². The zero-order valence-electron chi connectivity index (χ0n) is 13.6. The van der Waals surface area contributed by atoms with Crippen LogP contribution in [0.25, 0.3) is 0 Å². The summed E-state index contributed by atoms with van der Waals surface area (Å²) in [6.07, 6.45) is 1.55. The molecule has 1 fully saturated rings. The van der Waals surface area contributed by atoms with E-state index in [-0.39, 0.29) is 10.9 Å². The molecule has 0 amide bonds. The smallest absolute Gasteiger partial charge is 0.313 e. The van der Waals surface area contributed by atoms with Crippen LogP contribution in [0.5, 0.6) is 0 Å². The summed E-state index contributed by atoms with van der Waals surface area (Å²) in [5.41, 5.74) is -0.496. The number of aliphatic carboxylic acids is 1. The fourth-order valence-corrected chi connectivity index (χ4v) is 3.93. The second-order valence-corrected chi connectivity index (χ2v) is 8.28. The highest BCUT2D eigenvalue weighted by atomic mass is 32.2. The SMILES string of the molecule is COCC1CC(NS(=O)(=O)c2ccc(C(C)(C)C(=O)O)cc2)C1. The third-order valence-electron chi connectivity index (χ3n) is 4.38. The van der Waals surface area contributed by atoms with Crippen LogP contribution in [-0.2, 0) is 25.0 Å². The maximum Gasteiger partial charge on any atom is 0.313 e. The minimum atomic E-state index is -3.58. The Bertz CT molecular complexity index is 660. The fourth-order valence-electron chi connectivity index (χ4n) is 2.67. The molecular weight excluding hydrogens is 318 g/mol. The van der Waals surface area contributed by atoms with E-state index in [9.17, 15) is 18.3 Å². The molecule has 2 N–H and O–H groups in total. The molecule has 1 aliphatic rings. The Morgan fingerprint density at radius 2 is 1.87 bits per heavy atom. The number of nitrogens with one attached hydrogen (secondary N) is 1. The van der Waals surface area contributed by atoms with Gasteiger partial charge in [0.1, 0.15) is 0 Å². The van der Waals surface area contributed by atoms with Crippen molar-refractivity contribution < 1.29 is 23.1 Å². The Morgan fingerprint density at radius 3 is 2.35 bits per heavy atom. The van der Waals surface area contributed by atoms with Crippen molar-refractivity contribution in [2.75, 3.05) is 13.7 Å². The van der Waals surface area contributed by atoms with Gasteiger partial charge in [0.25, 0.3) is 0 Å². The van der Waals surface area contributed by atoms with Gasteiger partial charge in [-0.1, -0.05) is 12.1 Å². The van der Waals surface area contributed by atoms with Crippen molar-refractivity contribution in [3.05, 3.63) is 29.8 Å². The second-order valence-electron chi connectivity index (χ2n) is 6.57. The van der Waals surface area contributed by atoms with Crippen LogP contribution in [0.2, 0.25) is 0 Å². The summed E-state index contributed by atoms with van der Waals surface area (Å²) in [5, 5.41) is 9.21. The quantitative estimate of drug-likeness (QED) is 0.788. The van der Waals surface area contributed by atoms with E-state index < -0.39 is 21.4 Å². The number of benzene rings is 1. The van der Waals surface area contributed by atoms with Crippen LogP contribution in [0.4, 0.5) is 0 Å². The summed E-state index contributed by atoms with van der Waals surface area (Å²) in [6.45, 7) is 3.82. The average Bonchev–Trinajstić information content (AvgIpc) is 2.45. The first kappa shape index (κ1) is 17.9. The number of rotatable bonds is 7. The third-order valence-corrected chi connectivity index (χ3v) is 5.92. The number of hydrogen-bond acceptors (Lipinski definition) is 4. The van der Waals surface area contributed by atoms with E-state index in [1.807, 2.05) is 0 Å². The Balaban J connectivity index is 2.05. The van der Waals surface area contributed by atoms with E-state index in [0.29, 0.717) is 18.1 Å². The highest BCUT2D eigenvalue weighted by Gasteiger charge is 2.33. The van der Waals surface area contributed by atoms with Crippen molar-refractivity contribution >= 4 is 16.0 Å². The van der Waals surface area contributed by atoms with Crippen molar-refractivity contribution in [1.82, 2.24) is 4.72 Å². The van der Waals surface area contributed by atoms with E-state index in [1.54, 1.807) is 33.1 Å². The second kappa shape index (κ2) is 6.59. The van der Waals surface area contributed by atoms with Crippen LogP contribution in [0.15, 0.2) is 29.2 Å². The molecule has 128 valence electrons. The molecule has 0 saturated heterocycles. The van der Waals surface area contributed by atoms with Crippen molar-refractivity contribution in [1.29, 1.82) is 0 Å². The Hall–Kier alpha value is -1.44. The zero-order chi connectivity index (χ0) is 17.3. The molecule has 1 saturated carbocycles. The van der Waals surface area contributed by atoms with Gasteiger partial charge in [-0.15, -0.1) is 0 Å². The summed E-state index contributed by atoms with van der Waals surface area (Å²) in [4.78, 5) is 11.4. The molecule has 0 unspecified atom stereocenters. The molecule has 0 heterocycles. The lowest BCUT2D eigenvalue weighted by Crippen LogP contribution is -2.45. The Morgan fingerprint density at radius 1 is 1.30 bits per heavy atom. The van der Waals surface area contributed by atoms with Crippen molar-refractivity contribution in [2.45, 2.75) is 43.0 Å². The molecule has 23 heavy (non-hydrogen) atoms. The molecule has 0 aliphatic heterocycles. The number of methoxy groups -OCH3 is 1. The predicted molar refractivity (Wildman–Crippen MR) is 85.8 cm³/mol. The van der Waals surface area contributed by atoms with E-state index in [4.69, 9.17) is 4.74 Å². The molecule has 0 aromatic heterocycles. The summed E-state index contributed by atoms with van der Waals surface area (Å²) in [5.74, 6) is -0.545. The first-order valence-corrected chi connectivity index (χ1v) is 9.00. The van der Waals surface area contributed by atoms with Gasteiger partial charge in [0, 0.05) is 19.8 Å². The minimum Gasteiger partial charge on any atom is -0.481 e. The third kappa shape index (κ3) is 3.91. The molecule has 6 nitrogen and oxygen atoms in total. The zero-order valence-corrected chi connectivity index (χ0v) is 14.4. The largest absolute Gasteiger partial charge is 0.481 e. The van der Waals surface area contributed by atoms with Crippen LogP contribution >= 0.6 is 0 Å². The van der Waals surface area contributed by atoms with Gasteiger partial charge in [-0.05, 0) is 50.3 Å². The maximum absolute atomic E-state index is 12.3. The molecule has 1 aromatic rings. The maximum atomic E-state index is 12.3. The molecule has 0 atom stereocenters. The lowest BCUT2D eigenvalue weighted by atomic mass is 9.82. The molecule has 0 radical (unpaired) electrons. The standard InChI is InChI=1S/C16H23NO5S/c1-16(2,15(18)19)12-4-6-14(7-5-12)23(20,21)17-13-8-11(9-13)10-22-3/h4-7,11,13,17H,8-10H2,1-3H3,(H,18,19). The van der Waals surface area contributed by atoms with Gasteiger partial charge in [-0.2, -0.15) is 0 Å². The molecule has 1 aromatic carbocycles. The van der Waals surface area contributed by atoms with Gasteiger partial charge in [-0.25, -0.2) is 13.1 Å². The predicted octanol–water partition coefficient (Wildman–Crippen LogP) is 1.75. The van der Waals surface area contributed by atoms with Gasteiger partial charge in [0.2, 0.25) is 10.0 Å². The number of carbonyl (C=O) groups is 1. The number of carboxylic acids is 1. The molecule has 0 bridgehead atoms. The Labute approximate surface area is 136 Å². The van der Waals surface area contributed by atoms with Gasteiger partial charge >= 0.3 is 5.97 Å². The van der Waals surface area contributed by atoms with E-state index in [2.05, 4.69) is 4.72 Å². The van der Waals surface area contributed by atoms with Crippen LogP contribution in [0, 0.1) is 5.92 Å². The first-order chi connectivity index (χ1) is 10.7. The number of hydrogen-bond donors (Lipinski definition) is 2. The highest BCUT2D eigenvalue weighted by molar-refractivity contribution is 7.89. The summed E-state index contributed by atoms with van der Waals surface area (Å²) in [6, 6.07) is 5.95. The van der Waals surface area contributed by atoms with E-state index in [0.717, 1.165) is 12.8 Å². The number of carboxylic acid groups (broad SMARTS) is 1. The lowest BCUT2D eigenvalue weighted by molar-refractivity contribution is -0.142. The van der Waals surface area contributed by atoms with E-state index >= 15 is 0 Å². The number of ether oxygens (including phenoxy) is 1. The fraction of sp³-hybridized carbons (Fsp3) is 0.562. The van der Waals surface area contributed by atoms with Gasteiger partial charge in [0.05, 0.1) is 10.3 Å². The lowest BCUT2D eigenvalue weighted by Gasteiger charge is -2.35. The van der Waals surface area contributed by atoms with Gasteiger partial charge in [-0.3, -0.25) is 4.79 Å². The Kier molecular flexibility index (Phi) is 5.13. The normalized spacial score (nSPS) is 21.7. The van der Waals surface area contributed by atoms with Crippen LogP contribution in [-0.4, -0.2) is 39.3 Å². The molecule has 0 spiro atoms. The van der Waals surface area contributed by atoms with Crippen LogP contribution in [0.1, 0.15) is 32.3 Å². The van der Waals surface area contributed by atoms with Crippen molar-refractivity contribution in [3.8, 4) is 0 Å². The summed E-state index contributed by atoms with van der Waals surface area (Å²) >= 11 is 0. The van der Waals surface area contributed by atoms with Crippen molar-refractivity contribution in [3.63, 3.8) is 0 Å². The summed E-state index contributed by atoms with van der Waals surface area (Å²) < 4.78 is 32.4. The minimum absolute atomic E-state index is 0.0599. The molecular formula is C16H23NO5S. The molecule has 1 aliphatic carbocycles. The topological polar surface area (TPSA) is 92.7 Å². The van der Waals surface area contributed by atoms with E-state index in [1.165, 1.54) is 12.1 Å². The monoisotopic (exact) mass is 341 g/mol. The highest BCUT2D eigenvalue weighted by Crippen LogP contribution is 2.29. The van der Waals surface area contributed by atoms with Crippen LogP contribution in [0.3, 0.4) is 0 Å². The van der Waals surface area contributed by atoms with Crippen LogP contribution < -0.4 is 4.72 Å². The average molecular weight is 341 g/mol. The van der Waals surface area contributed by atoms with Crippen molar-refractivity contribution in [2.24, 2.45) is 5.92 Å². The van der Waals surface area contributed by atoms with Gasteiger partial charge in [0.15, 0.2) is 0 Å². The number of sulfonamides is 1. The first-order valence-electron chi connectivity index (χ1n) is 7.52. The molecule has 7 heteroatoms. The molecule has 2 rings (SSSR count).